The molecule has 0 spiro atoms. The lowest BCUT2D eigenvalue weighted by Gasteiger charge is -2.18. The van der Waals surface area contributed by atoms with Gasteiger partial charge in [0.05, 0.1) is 31.5 Å². The number of aromatic nitrogens is 2. The molecule has 0 bridgehead atoms. The van der Waals surface area contributed by atoms with Gasteiger partial charge in [-0.2, -0.15) is 0 Å². The maximum atomic E-state index is 6.03. The predicted molar refractivity (Wildman–Crippen MR) is 102 cm³/mol. The fraction of sp³-hybridized carbons (Fsp3) is 0.500. The van der Waals surface area contributed by atoms with Crippen molar-refractivity contribution in [2.24, 2.45) is 0 Å². The minimum atomic E-state index is 0.0310. The van der Waals surface area contributed by atoms with Crippen LogP contribution in [0.25, 0.3) is 11.3 Å². The van der Waals surface area contributed by atoms with E-state index in [1.165, 1.54) is 0 Å². The number of hydrogen-bond acceptors (Lipinski definition) is 6. The topological polar surface area (TPSA) is 82.1 Å². The first-order valence-electron chi connectivity index (χ1n) is 9.47. The molecule has 1 aromatic heterocycles. The van der Waals surface area contributed by atoms with Crippen LogP contribution in [0, 0.1) is 0 Å². The molecule has 144 valence electrons. The number of nitrogens with zero attached hydrogens (tertiary/aromatic N) is 2. The van der Waals surface area contributed by atoms with E-state index in [4.69, 9.17) is 14.2 Å². The molecule has 4 atom stereocenters. The fourth-order valence-electron chi connectivity index (χ4n) is 3.91. The monoisotopic (exact) mass is 371 g/mol. The van der Waals surface area contributed by atoms with Crippen molar-refractivity contribution >= 4 is 5.95 Å². The maximum Gasteiger partial charge on any atom is 0.223 e. The number of quaternary nitrogens is 1. The molecule has 3 N–H and O–H groups in total. The minimum Gasteiger partial charge on any atom is -0.496 e. The van der Waals surface area contributed by atoms with Gasteiger partial charge < -0.3 is 24.8 Å². The van der Waals surface area contributed by atoms with Gasteiger partial charge in [-0.05, 0) is 32.0 Å². The lowest BCUT2D eigenvalue weighted by atomic mass is 10.1. The summed E-state index contributed by atoms with van der Waals surface area (Å²) in [5.41, 5.74) is 1.76. The summed E-state index contributed by atoms with van der Waals surface area (Å²) in [4.78, 5) is 9.06. The lowest BCUT2D eigenvalue weighted by Crippen LogP contribution is -2.96. The third-order valence-corrected chi connectivity index (χ3v) is 5.08. The van der Waals surface area contributed by atoms with E-state index in [0.29, 0.717) is 31.2 Å². The highest BCUT2D eigenvalue weighted by Crippen LogP contribution is 2.30. The van der Waals surface area contributed by atoms with Crippen LogP contribution in [-0.2, 0) is 9.47 Å². The molecular formula is C20H27N4O3+. The molecule has 7 nitrogen and oxygen atoms in total. The molecule has 4 rings (SSSR count). The van der Waals surface area contributed by atoms with Crippen molar-refractivity contribution in [1.29, 1.82) is 0 Å². The summed E-state index contributed by atoms with van der Waals surface area (Å²) in [5, 5.41) is 5.73. The third-order valence-electron chi connectivity index (χ3n) is 5.08. The molecule has 7 heteroatoms. The van der Waals surface area contributed by atoms with Crippen molar-refractivity contribution in [2.75, 3.05) is 25.6 Å². The summed E-state index contributed by atoms with van der Waals surface area (Å²) < 4.78 is 17.5. The van der Waals surface area contributed by atoms with Crippen LogP contribution in [0.3, 0.4) is 0 Å². The van der Waals surface area contributed by atoms with Gasteiger partial charge in [0, 0.05) is 11.8 Å². The van der Waals surface area contributed by atoms with E-state index in [-0.39, 0.29) is 18.2 Å². The van der Waals surface area contributed by atoms with Crippen LogP contribution in [-0.4, -0.2) is 60.6 Å². The van der Waals surface area contributed by atoms with E-state index in [0.717, 1.165) is 17.0 Å². The molecule has 3 heterocycles. The fourth-order valence-corrected chi connectivity index (χ4v) is 3.91. The standard InChI is InChI=1S/C20H26N4O3/c1-12(2)22-15-10-26-19-16(11-27-18(15)19)24-20-21-9-8-14(23-20)13-6-4-5-7-17(13)25-3/h4-9,12,15-16,18-19,22H,10-11H2,1-3H3,(H,21,23,24)/p+1/t15-,16-,18+,19+/m0/s1. The van der Waals surface area contributed by atoms with Gasteiger partial charge in [0.1, 0.15) is 30.6 Å². The normalized spacial score (nSPS) is 27.0. The van der Waals surface area contributed by atoms with Crippen molar-refractivity contribution in [3.8, 4) is 17.0 Å². The molecule has 2 aromatic rings. The molecule has 0 amide bonds. The van der Waals surface area contributed by atoms with Crippen LogP contribution in [0.2, 0.25) is 0 Å². The molecule has 1 aromatic carbocycles. The zero-order valence-electron chi connectivity index (χ0n) is 16.0. The summed E-state index contributed by atoms with van der Waals surface area (Å²) >= 11 is 0. The Hall–Kier alpha value is -2.22. The van der Waals surface area contributed by atoms with Crippen molar-refractivity contribution < 1.29 is 19.5 Å². The number of fused-ring (bicyclic) bond motifs is 1. The smallest absolute Gasteiger partial charge is 0.223 e. The number of nitrogens with two attached hydrogens (primary N) is 1. The van der Waals surface area contributed by atoms with Gasteiger partial charge in [-0.3, -0.25) is 0 Å². The van der Waals surface area contributed by atoms with E-state index in [1.807, 2.05) is 30.3 Å². The molecule has 0 saturated carbocycles. The zero-order valence-corrected chi connectivity index (χ0v) is 16.0. The molecular weight excluding hydrogens is 344 g/mol. The maximum absolute atomic E-state index is 6.03. The molecule has 2 saturated heterocycles. The van der Waals surface area contributed by atoms with Gasteiger partial charge in [-0.1, -0.05) is 12.1 Å². The number of ether oxygens (including phenoxy) is 3. The Morgan fingerprint density at radius 2 is 1.96 bits per heavy atom. The zero-order chi connectivity index (χ0) is 18.8. The van der Waals surface area contributed by atoms with Crippen molar-refractivity contribution in [3.63, 3.8) is 0 Å². The number of benzene rings is 1. The largest absolute Gasteiger partial charge is 0.496 e. The van der Waals surface area contributed by atoms with Crippen molar-refractivity contribution in [1.82, 2.24) is 9.97 Å². The molecule has 0 unspecified atom stereocenters. The molecule has 2 aliphatic rings. The van der Waals surface area contributed by atoms with Crippen molar-refractivity contribution in [2.45, 2.75) is 44.2 Å². The van der Waals surface area contributed by atoms with Crippen LogP contribution in [0.4, 0.5) is 5.95 Å². The molecule has 27 heavy (non-hydrogen) atoms. The van der Waals surface area contributed by atoms with E-state index in [1.54, 1.807) is 13.3 Å². The minimum absolute atomic E-state index is 0.0310. The van der Waals surface area contributed by atoms with Gasteiger partial charge in [-0.15, -0.1) is 0 Å². The van der Waals surface area contributed by atoms with Gasteiger partial charge >= 0.3 is 0 Å². The second-order valence-electron chi connectivity index (χ2n) is 7.41. The first-order chi connectivity index (χ1) is 13.2. The first kappa shape index (κ1) is 18.2. The van der Waals surface area contributed by atoms with Crippen LogP contribution >= 0.6 is 0 Å². The second kappa shape index (κ2) is 7.80. The SMILES string of the molecule is COc1ccccc1-c1ccnc(N[C@H]2CO[C@H]3[C@@H]2OC[C@@H]3[NH2+]C(C)C)n1. The van der Waals surface area contributed by atoms with Crippen LogP contribution in [0.15, 0.2) is 36.5 Å². The van der Waals surface area contributed by atoms with Crippen LogP contribution in [0.1, 0.15) is 13.8 Å². The summed E-state index contributed by atoms with van der Waals surface area (Å²) in [7, 11) is 1.66. The quantitative estimate of drug-likeness (QED) is 0.791. The summed E-state index contributed by atoms with van der Waals surface area (Å²) in [6.45, 7) is 5.69. The highest BCUT2D eigenvalue weighted by Gasteiger charge is 2.50. The molecule has 0 aliphatic carbocycles. The lowest BCUT2D eigenvalue weighted by molar-refractivity contribution is -0.718. The third kappa shape index (κ3) is 3.76. The molecule has 2 fully saturated rings. The molecule has 2 aliphatic heterocycles. The van der Waals surface area contributed by atoms with Gasteiger partial charge in [-0.25, -0.2) is 9.97 Å². The van der Waals surface area contributed by atoms with Gasteiger partial charge in [0.25, 0.3) is 0 Å². The Labute approximate surface area is 159 Å². The number of anilines is 1. The number of para-hydroxylation sites is 1. The van der Waals surface area contributed by atoms with E-state index in [9.17, 15) is 0 Å². The Morgan fingerprint density at radius 1 is 1.15 bits per heavy atom. The summed E-state index contributed by atoms with van der Waals surface area (Å²) in [6.07, 6.45) is 1.90. The highest BCUT2D eigenvalue weighted by atomic mass is 16.6. The summed E-state index contributed by atoms with van der Waals surface area (Å²) in [6, 6.07) is 10.6. The summed E-state index contributed by atoms with van der Waals surface area (Å²) in [5.74, 6) is 1.37. The van der Waals surface area contributed by atoms with E-state index >= 15 is 0 Å². The van der Waals surface area contributed by atoms with Crippen LogP contribution < -0.4 is 15.4 Å². The molecule has 0 radical (unpaired) electrons. The van der Waals surface area contributed by atoms with Crippen molar-refractivity contribution in [3.05, 3.63) is 36.5 Å². The average Bonchev–Trinajstić information content (AvgIpc) is 3.25. The Balaban J connectivity index is 1.48. The van der Waals surface area contributed by atoms with E-state index in [2.05, 4.69) is 34.4 Å². The van der Waals surface area contributed by atoms with E-state index < -0.39 is 0 Å². The Bertz CT molecular complexity index is 785. The highest BCUT2D eigenvalue weighted by molar-refractivity contribution is 5.67. The van der Waals surface area contributed by atoms with Crippen LogP contribution in [0.5, 0.6) is 5.75 Å². The Kier molecular flexibility index (Phi) is 5.24. The van der Waals surface area contributed by atoms with Gasteiger partial charge in [0.15, 0.2) is 0 Å². The number of nitrogens with one attached hydrogen (secondary N) is 1. The Morgan fingerprint density at radius 3 is 2.78 bits per heavy atom. The number of hydrogen-bond donors (Lipinski definition) is 2. The van der Waals surface area contributed by atoms with Gasteiger partial charge in [0.2, 0.25) is 5.95 Å². The first-order valence-corrected chi connectivity index (χ1v) is 9.47. The second-order valence-corrected chi connectivity index (χ2v) is 7.41. The number of methoxy groups -OCH3 is 1. The number of rotatable bonds is 6. The average molecular weight is 371 g/mol. The predicted octanol–water partition coefficient (Wildman–Crippen LogP) is 1.07.